The number of carbonyl (C=O) groups is 2. The second-order valence-corrected chi connectivity index (χ2v) is 14.3. The molecule has 0 radical (unpaired) electrons. The molecule has 3 fully saturated rings. The molecular formula is C32H36Cl2N6O4. The van der Waals surface area contributed by atoms with E-state index in [0.29, 0.717) is 34.8 Å². The average Bonchev–Trinajstić information content (AvgIpc) is 3.68. The third-order valence-electron chi connectivity index (χ3n) is 10.4. The Kier molecular flexibility index (Phi) is 7.47. The summed E-state index contributed by atoms with van der Waals surface area (Å²) >= 11 is 12.9. The quantitative estimate of drug-likeness (QED) is 0.334. The maximum atomic E-state index is 14.6. The van der Waals surface area contributed by atoms with Gasteiger partial charge >= 0.3 is 0 Å². The van der Waals surface area contributed by atoms with E-state index in [-0.39, 0.29) is 29.4 Å². The van der Waals surface area contributed by atoms with E-state index in [9.17, 15) is 9.59 Å². The molecule has 2 aromatic heterocycles. The number of ether oxygens (including phenoxy) is 1. The number of pyridine rings is 1. The van der Waals surface area contributed by atoms with Gasteiger partial charge in [0.25, 0.3) is 0 Å². The first-order chi connectivity index (χ1) is 21.1. The van der Waals surface area contributed by atoms with Crippen LogP contribution in [0.3, 0.4) is 0 Å². The predicted octanol–water partition coefficient (Wildman–Crippen LogP) is 4.96. The zero-order valence-corrected chi connectivity index (χ0v) is 26.3. The molecule has 12 heteroatoms. The highest BCUT2D eigenvalue weighted by molar-refractivity contribution is 6.31. The molecule has 3 aliphatic heterocycles. The Bertz CT molecular complexity index is 1560. The zero-order valence-electron chi connectivity index (χ0n) is 24.7. The van der Waals surface area contributed by atoms with Crippen molar-refractivity contribution < 1.29 is 18.7 Å². The molecule has 1 saturated carbocycles. The topological polar surface area (TPSA) is 131 Å². The summed E-state index contributed by atoms with van der Waals surface area (Å²) in [4.78, 5) is 33.2. The summed E-state index contributed by atoms with van der Waals surface area (Å²) in [6.45, 7) is 4.90. The Balaban J connectivity index is 1.25. The molecule has 2 spiro atoms. The zero-order chi connectivity index (χ0) is 30.7. The van der Waals surface area contributed by atoms with Crippen LogP contribution in [0.25, 0.3) is 0 Å². The summed E-state index contributed by atoms with van der Waals surface area (Å²) in [6, 6.07) is 8.36. The monoisotopic (exact) mass is 638 g/mol. The van der Waals surface area contributed by atoms with Crippen molar-refractivity contribution in [1.82, 2.24) is 25.8 Å². The van der Waals surface area contributed by atoms with Crippen LogP contribution in [0, 0.1) is 5.41 Å². The van der Waals surface area contributed by atoms with Crippen molar-refractivity contribution in [2.75, 3.05) is 11.9 Å². The summed E-state index contributed by atoms with van der Waals surface area (Å²) in [5.41, 5.74) is 0.710. The number of aromatic nitrogens is 3. The number of nitrogens with one attached hydrogen (secondary N) is 3. The number of carbonyl (C=O) groups excluding carboxylic acids is 2. The second-order valence-electron chi connectivity index (χ2n) is 13.5. The van der Waals surface area contributed by atoms with E-state index in [1.165, 1.54) is 6.39 Å². The highest BCUT2D eigenvalue weighted by atomic mass is 35.5. The molecule has 232 valence electrons. The number of nitrogens with zero attached hydrogens (tertiary/aromatic N) is 3. The van der Waals surface area contributed by atoms with Crippen molar-refractivity contribution in [3.8, 4) is 0 Å². The number of anilines is 1. The van der Waals surface area contributed by atoms with Crippen LogP contribution in [-0.2, 0) is 26.2 Å². The van der Waals surface area contributed by atoms with E-state index in [1.807, 2.05) is 18.2 Å². The molecule has 5 heterocycles. The Labute approximate surface area is 266 Å². The van der Waals surface area contributed by atoms with E-state index < -0.39 is 22.9 Å². The van der Waals surface area contributed by atoms with Gasteiger partial charge in [-0.2, -0.15) is 0 Å². The van der Waals surface area contributed by atoms with Gasteiger partial charge in [-0.25, -0.2) is 4.98 Å². The van der Waals surface area contributed by atoms with Crippen LogP contribution < -0.4 is 16.0 Å². The fraction of sp³-hybridized carbons (Fsp3) is 0.531. The normalized spacial score (nSPS) is 30.3. The van der Waals surface area contributed by atoms with Crippen LogP contribution in [0.4, 0.5) is 5.69 Å². The van der Waals surface area contributed by atoms with Gasteiger partial charge in [0.1, 0.15) is 10.6 Å². The molecule has 4 aliphatic rings. The van der Waals surface area contributed by atoms with Gasteiger partial charge in [-0.15, -0.1) is 10.2 Å². The number of rotatable bonds is 5. The summed E-state index contributed by atoms with van der Waals surface area (Å²) < 4.78 is 11.4. The number of fused-ring (bicyclic) bond motifs is 3. The van der Waals surface area contributed by atoms with Gasteiger partial charge in [-0.05, 0) is 79.3 Å². The van der Waals surface area contributed by atoms with Gasteiger partial charge in [0.15, 0.2) is 0 Å². The van der Waals surface area contributed by atoms with E-state index in [1.54, 1.807) is 18.3 Å². The molecule has 0 bridgehead atoms. The van der Waals surface area contributed by atoms with Crippen LogP contribution in [0.15, 0.2) is 47.3 Å². The molecule has 1 aliphatic carbocycles. The van der Waals surface area contributed by atoms with Gasteiger partial charge in [-0.1, -0.05) is 43.1 Å². The summed E-state index contributed by atoms with van der Waals surface area (Å²) in [5.74, 6) is -0.307. The molecule has 7 rings (SSSR count). The highest BCUT2D eigenvalue weighted by Crippen LogP contribution is 2.63. The Morgan fingerprint density at radius 2 is 1.93 bits per heavy atom. The first kappa shape index (κ1) is 29.6. The Morgan fingerprint density at radius 3 is 2.64 bits per heavy atom. The van der Waals surface area contributed by atoms with Crippen LogP contribution in [0.1, 0.15) is 75.3 Å². The average molecular weight is 640 g/mol. The van der Waals surface area contributed by atoms with Crippen molar-refractivity contribution >= 4 is 40.7 Å². The van der Waals surface area contributed by atoms with Crippen LogP contribution in [0.2, 0.25) is 10.2 Å². The van der Waals surface area contributed by atoms with Crippen LogP contribution >= 0.6 is 23.2 Å². The van der Waals surface area contributed by atoms with Gasteiger partial charge in [0.2, 0.25) is 24.1 Å². The summed E-state index contributed by atoms with van der Waals surface area (Å²) in [7, 11) is 0. The minimum atomic E-state index is -1.08. The number of hydrogen-bond donors (Lipinski definition) is 3. The Morgan fingerprint density at radius 1 is 1.11 bits per heavy atom. The molecule has 1 aromatic carbocycles. The summed E-state index contributed by atoms with van der Waals surface area (Å²) in [5, 5.41) is 18.8. The van der Waals surface area contributed by atoms with Crippen molar-refractivity contribution in [3.05, 3.63) is 70.1 Å². The van der Waals surface area contributed by atoms with Crippen LogP contribution in [-0.4, -0.2) is 57.3 Å². The molecule has 5 atom stereocenters. The fourth-order valence-corrected chi connectivity index (χ4v) is 8.50. The lowest BCUT2D eigenvalue weighted by molar-refractivity contribution is -0.125. The summed E-state index contributed by atoms with van der Waals surface area (Å²) in [6.07, 6.45) is 8.22. The van der Waals surface area contributed by atoms with Gasteiger partial charge < -0.3 is 19.8 Å². The number of benzene rings is 1. The molecule has 10 nitrogen and oxygen atoms in total. The van der Waals surface area contributed by atoms with Crippen molar-refractivity contribution in [1.29, 1.82) is 0 Å². The molecule has 2 amide bonds. The number of hydrogen-bond acceptors (Lipinski definition) is 8. The van der Waals surface area contributed by atoms with E-state index in [4.69, 9.17) is 32.4 Å². The van der Waals surface area contributed by atoms with Crippen molar-refractivity contribution in [2.45, 2.75) is 93.9 Å². The molecular weight excluding hydrogens is 603 g/mol. The number of halogens is 2. The van der Waals surface area contributed by atoms with Gasteiger partial charge in [0.05, 0.1) is 31.2 Å². The molecule has 44 heavy (non-hydrogen) atoms. The van der Waals surface area contributed by atoms with Crippen molar-refractivity contribution in [2.24, 2.45) is 5.41 Å². The lowest BCUT2D eigenvalue weighted by atomic mass is 9.53. The molecule has 3 N–H and O–H groups in total. The van der Waals surface area contributed by atoms with Gasteiger partial charge in [-0.3, -0.25) is 14.9 Å². The minimum absolute atomic E-state index is 0.0532. The minimum Gasteiger partial charge on any atom is -0.428 e. The highest BCUT2D eigenvalue weighted by Gasteiger charge is 2.72. The first-order valence-electron chi connectivity index (χ1n) is 15.3. The largest absolute Gasteiger partial charge is 0.428 e. The third-order valence-corrected chi connectivity index (χ3v) is 10.8. The predicted molar refractivity (Wildman–Crippen MR) is 165 cm³/mol. The first-order valence-corrected chi connectivity index (χ1v) is 16.0. The molecule has 2 saturated heterocycles. The maximum Gasteiger partial charge on any atom is 0.238 e. The lowest BCUT2D eigenvalue weighted by Gasteiger charge is -2.50. The third kappa shape index (κ3) is 4.90. The van der Waals surface area contributed by atoms with E-state index in [2.05, 4.69) is 45.0 Å². The molecule has 0 unspecified atom stereocenters. The lowest BCUT2D eigenvalue weighted by Crippen LogP contribution is -2.61. The van der Waals surface area contributed by atoms with E-state index >= 15 is 0 Å². The van der Waals surface area contributed by atoms with Crippen molar-refractivity contribution in [3.63, 3.8) is 0 Å². The SMILES string of the molecule is CC1(C)CCC2(CC1)N[C@@H](C(=O)N[C@@H]1CC[C@@H](Cc3nnco3)OC1)[C@H](c1ccnc(Cl)c1)[C@]21C(=O)Nc2cc(Cl)ccc21. The fourth-order valence-electron chi connectivity index (χ4n) is 8.15. The Hall–Kier alpha value is -3.05. The van der Waals surface area contributed by atoms with E-state index in [0.717, 1.165) is 49.7 Å². The smallest absolute Gasteiger partial charge is 0.238 e. The maximum absolute atomic E-state index is 14.6. The standard InChI is InChI=1S/C32H36Cl2N6O4/c1-30(2)8-10-31(11-9-30)32(22-6-3-19(33)14-23(22)38-29(32)42)26(18-7-12-35-24(34)13-18)27(39-31)28(41)37-20-4-5-21(43-16-20)15-25-40-36-17-44-25/h3,6-7,12-14,17,20-21,26-27,39H,4-5,8-11,15-16H2,1-2H3,(H,37,41)(H,38,42)/t20-,21+,26+,27-,32-/m1/s1. The molecule has 3 aromatic rings. The van der Waals surface area contributed by atoms with Crippen LogP contribution in [0.5, 0.6) is 0 Å². The van der Waals surface area contributed by atoms with Gasteiger partial charge in [0, 0.05) is 28.4 Å². The number of amides is 2. The second kappa shape index (κ2) is 11.1.